The lowest BCUT2D eigenvalue weighted by Crippen LogP contribution is -3.00. The molecule has 0 amide bonds. The lowest BCUT2D eigenvalue weighted by molar-refractivity contribution is -0.00000477. The molecule has 0 atom stereocenters. The Kier molecular flexibility index (Phi) is 7.88. The van der Waals surface area contributed by atoms with Gasteiger partial charge in [-0.25, -0.2) is 0 Å². The van der Waals surface area contributed by atoms with Crippen LogP contribution in [0.2, 0.25) is 0 Å². The summed E-state index contributed by atoms with van der Waals surface area (Å²) in [5.41, 5.74) is 0. The van der Waals surface area contributed by atoms with Gasteiger partial charge in [0, 0.05) is 0 Å². The van der Waals surface area contributed by atoms with E-state index >= 15 is 0 Å². The first-order valence-electron chi connectivity index (χ1n) is 8.93. The maximum atomic E-state index is 2.33. The molecule has 2 heteroatoms. The van der Waals surface area contributed by atoms with Crippen LogP contribution in [0.1, 0.15) is 26.2 Å². The molecule has 0 saturated carbocycles. The van der Waals surface area contributed by atoms with Crippen LogP contribution in [0, 0.1) is 0 Å². The van der Waals surface area contributed by atoms with Crippen LogP contribution in [0.25, 0.3) is 0 Å². The Hall–Kier alpha value is -1.43. The highest BCUT2D eigenvalue weighted by Gasteiger charge is 2.44. The molecule has 0 N–H and O–H groups in total. The molecule has 0 heterocycles. The number of halogens is 1. The molecule has 0 aliphatic rings. The summed E-state index contributed by atoms with van der Waals surface area (Å²) in [6, 6.07) is 33.5. The average molecular weight is 413 g/mol. The van der Waals surface area contributed by atoms with Crippen LogP contribution in [0.4, 0.5) is 0 Å². The molecule has 0 bridgehead atoms. The third-order valence-electron chi connectivity index (χ3n) is 4.69. The quantitative estimate of drug-likeness (QED) is 0.412. The minimum absolute atomic E-state index is 0. The molecule has 0 aromatic heterocycles. The summed E-state index contributed by atoms with van der Waals surface area (Å²) in [7, 11) is -1.58. The van der Waals surface area contributed by atoms with Gasteiger partial charge >= 0.3 is 0 Å². The fraction of sp³-hybridized carbons (Fsp3) is 0.217. The third kappa shape index (κ3) is 4.40. The van der Waals surface area contributed by atoms with E-state index in [-0.39, 0.29) is 17.0 Å². The van der Waals surface area contributed by atoms with Crippen molar-refractivity contribution >= 4 is 23.2 Å². The molecule has 3 rings (SSSR count). The third-order valence-corrected chi connectivity index (χ3v) is 9.21. The van der Waals surface area contributed by atoms with Gasteiger partial charge < -0.3 is 17.0 Å². The Morgan fingerprint density at radius 3 is 1.24 bits per heavy atom. The zero-order chi connectivity index (χ0) is 16.7. The van der Waals surface area contributed by atoms with E-state index in [2.05, 4.69) is 97.9 Å². The second-order valence-corrected chi connectivity index (χ2v) is 9.86. The van der Waals surface area contributed by atoms with E-state index in [0.29, 0.717) is 0 Å². The summed E-state index contributed by atoms with van der Waals surface area (Å²) in [5.74, 6) is 0. The normalized spacial score (nSPS) is 10.9. The number of hydrogen-bond acceptors (Lipinski definition) is 0. The minimum atomic E-state index is -1.58. The van der Waals surface area contributed by atoms with Gasteiger partial charge in [0.05, 0.1) is 6.16 Å². The smallest absolute Gasteiger partial charge is 0.112 e. The van der Waals surface area contributed by atoms with Gasteiger partial charge in [0.25, 0.3) is 0 Å². The Balaban J connectivity index is 0.00000225. The van der Waals surface area contributed by atoms with Gasteiger partial charge in [-0.2, -0.15) is 0 Å². The summed E-state index contributed by atoms with van der Waals surface area (Å²) in [5, 5.41) is 4.50. The van der Waals surface area contributed by atoms with Crippen molar-refractivity contribution in [3.05, 3.63) is 91.0 Å². The summed E-state index contributed by atoms with van der Waals surface area (Å²) in [6.07, 6.45) is 5.09. The van der Waals surface area contributed by atoms with Crippen LogP contribution in [0.5, 0.6) is 0 Å². The predicted molar refractivity (Wildman–Crippen MR) is 110 cm³/mol. The number of rotatable bonds is 7. The SMILES string of the molecule is CCCCC[P+](c1ccccc1)(c1ccccc1)c1ccccc1.[Br-]. The highest BCUT2D eigenvalue weighted by molar-refractivity contribution is 7.95. The number of hydrogen-bond donors (Lipinski definition) is 0. The fourth-order valence-electron chi connectivity index (χ4n) is 3.48. The fourth-order valence-corrected chi connectivity index (χ4v) is 7.89. The standard InChI is InChI=1S/C23H26P.BrH/c1-2-3-13-20-24(21-14-7-4-8-15-21,22-16-9-5-10-17-22)23-18-11-6-12-19-23;/h4-12,14-19H,2-3,13,20H2,1H3;1H/q+1;/p-1. The molecule has 3 aromatic carbocycles. The van der Waals surface area contributed by atoms with E-state index < -0.39 is 7.26 Å². The van der Waals surface area contributed by atoms with Crippen LogP contribution < -0.4 is 32.9 Å². The monoisotopic (exact) mass is 412 g/mol. The molecule has 3 aromatic rings. The first-order chi connectivity index (χ1) is 11.9. The predicted octanol–water partition coefficient (Wildman–Crippen LogP) is 2.17. The van der Waals surface area contributed by atoms with Crippen LogP contribution in [0.15, 0.2) is 91.0 Å². The second kappa shape index (κ2) is 9.90. The van der Waals surface area contributed by atoms with Crippen molar-refractivity contribution in [2.75, 3.05) is 6.16 Å². The summed E-state index contributed by atoms with van der Waals surface area (Å²) >= 11 is 0. The van der Waals surface area contributed by atoms with Crippen molar-refractivity contribution in [2.45, 2.75) is 26.2 Å². The Bertz CT molecular complexity index is 629. The van der Waals surface area contributed by atoms with Crippen molar-refractivity contribution in [3.63, 3.8) is 0 Å². The number of benzene rings is 3. The Morgan fingerprint density at radius 1 is 0.560 bits per heavy atom. The molecule has 0 radical (unpaired) electrons. The first-order valence-corrected chi connectivity index (χ1v) is 10.9. The van der Waals surface area contributed by atoms with Crippen molar-refractivity contribution in [1.29, 1.82) is 0 Å². The molecule has 0 nitrogen and oxygen atoms in total. The molecule has 0 aliphatic carbocycles. The van der Waals surface area contributed by atoms with Gasteiger partial charge in [0.1, 0.15) is 23.2 Å². The maximum absolute atomic E-state index is 2.33. The van der Waals surface area contributed by atoms with E-state index in [0.717, 1.165) is 0 Å². The second-order valence-electron chi connectivity index (χ2n) is 6.25. The molecule has 0 spiro atoms. The highest BCUT2D eigenvalue weighted by Crippen LogP contribution is 2.55. The van der Waals surface area contributed by atoms with Crippen LogP contribution in [-0.4, -0.2) is 6.16 Å². The van der Waals surface area contributed by atoms with Crippen LogP contribution in [0.3, 0.4) is 0 Å². The molecular formula is C23H26BrP. The van der Waals surface area contributed by atoms with Gasteiger partial charge in [-0.1, -0.05) is 74.4 Å². The van der Waals surface area contributed by atoms with Crippen molar-refractivity contribution < 1.29 is 17.0 Å². The van der Waals surface area contributed by atoms with Gasteiger partial charge in [0.15, 0.2) is 0 Å². The highest BCUT2D eigenvalue weighted by atomic mass is 79.9. The summed E-state index contributed by atoms with van der Waals surface area (Å²) in [4.78, 5) is 0. The van der Waals surface area contributed by atoms with E-state index in [9.17, 15) is 0 Å². The van der Waals surface area contributed by atoms with Crippen LogP contribution >= 0.6 is 7.26 Å². The topological polar surface area (TPSA) is 0 Å². The molecule has 0 unspecified atom stereocenters. The Labute approximate surface area is 163 Å². The molecule has 25 heavy (non-hydrogen) atoms. The van der Waals surface area contributed by atoms with Gasteiger partial charge in [-0.15, -0.1) is 0 Å². The summed E-state index contributed by atoms with van der Waals surface area (Å²) < 4.78 is 0. The van der Waals surface area contributed by atoms with Gasteiger partial charge in [0.2, 0.25) is 0 Å². The van der Waals surface area contributed by atoms with Crippen molar-refractivity contribution in [3.8, 4) is 0 Å². The summed E-state index contributed by atoms with van der Waals surface area (Å²) in [6.45, 7) is 2.29. The van der Waals surface area contributed by atoms with Crippen LogP contribution in [-0.2, 0) is 0 Å². The van der Waals surface area contributed by atoms with E-state index in [4.69, 9.17) is 0 Å². The van der Waals surface area contributed by atoms with Gasteiger partial charge in [-0.3, -0.25) is 0 Å². The largest absolute Gasteiger partial charge is 1.00 e. The molecule has 0 aliphatic heterocycles. The van der Waals surface area contributed by atoms with E-state index in [1.807, 2.05) is 0 Å². The first kappa shape index (κ1) is 19.9. The lowest BCUT2D eigenvalue weighted by Gasteiger charge is -2.27. The van der Waals surface area contributed by atoms with E-state index in [1.165, 1.54) is 41.3 Å². The average Bonchev–Trinajstić information content (AvgIpc) is 2.68. The lowest BCUT2D eigenvalue weighted by atomic mass is 10.3. The molecular weight excluding hydrogens is 387 g/mol. The molecule has 0 fully saturated rings. The minimum Gasteiger partial charge on any atom is -1.00 e. The Morgan fingerprint density at radius 2 is 0.920 bits per heavy atom. The van der Waals surface area contributed by atoms with E-state index in [1.54, 1.807) is 0 Å². The zero-order valence-corrected chi connectivity index (χ0v) is 17.3. The zero-order valence-electron chi connectivity index (χ0n) is 14.8. The van der Waals surface area contributed by atoms with Crippen molar-refractivity contribution in [1.82, 2.24) is 0 Å². The van der Waals surface area contributed by atoms with Crippen molar-refractivity contribution in [2.24, 2.45) is 0 Å². The molecule has 0 saturated heterocycles. The van der Waals surface area contributed by atoms with Gasteiger partial charge in [-0.05, 0) is 42.8 Å². The maximum Gasteiger partial charge on any atom is 0.112 e. The number of unbranched alkanes of at least 4 members (excludes halogenated alkanes) is 2. The molecule has 130 valence electrons.